The molecule has 3 aromatic rings. The molecule has 32 heavy (non-hydrogen) atoms. The van der Waals surface area contributed by atoms with E-state index in [9.17, 15) is 9.59 Å². The molecule has 0 spiro atoms. The summed E-state index contributed by atoms with van der Waals surface area (Å²) in [5.41, 5.74) is 1.28. The minimum atomic E-state index is -0.373. The summed E-state index contributed by atoms with van der Waals surface area (Å²) in [6.07, 6.45) is 1.93. The number of anilines is 1. The molecule has 1 saturated carbocycles. The molecule has 168 valence electrons. The maximum absolute atomic E-state index is 12.9. The van der Waals surface area contributed by atoms with Crippen molar-refractivity contribution in [2.24, 2.45) is 0 Å². The lowest BCUT2D eigenvalue weighted by Crippen LogP contribution is -2.34. The first-order chi connectivity index (χ1) is 15.6. The van der Waals surface area contributed by atoms with Crippen LogP contribution in [0.15, 0.2) is 53.3 Å². The number of nitrogens with zero attached hydrogens (tertiary/aromatic N) is 3. The van der Waals surface area contributed by atoms with Crippen LogP contribution in [0.2, 0.25) is 0 Å². The van der Waals surface area contributed by atoms with Crippen LogP contribution in [-0.2, 0) is 6.54 Å². The Labute approximate surface area is 186 Å². The fraction of sp³-hybridized carbons (Fsp3) is 0.348. The predicted octanol–water partition coefficient (Wildman–Crippen LogP) is 3.28. The summed E-state index contributed by atoms with van der Waals surface area (Å²) in [6, 6.07) is 14.5. The monoisotopic (exact) mass is 437 g/mol. The van der Waals surface area contributed by atoms with Crippen molar-refractivity contribution in [3.05, 3.63) is 59.0 Å². The van der Waals surface area contributed by atoms with Gasteiger partial charge in [-0.3, -0.25) is 4.57 Å². The number of hydrogen-bond donors (Lipinski definition) is 2. The number of aromatic nitrogens is 3. The quantitative estimate of drug-likeness (QED) is 0.535. The Morgan fingerprint density at radius 3 is 2.59 bits per heavy atom. The molecule has 1 aliphatic rings. The first-order valence-electron chi connectivity index (χ1n) is 10.7. The van der Waals surface area contributed by atoms with Crippen LogP contribution >= 0.6 is 0 Å². The smallest absolute Gasteiger partial charge is 0.346 e. The van der Waals surface area contributed by atoms with Gasteiger partial charge < -0.3 is 20.1 Å². The zero-order valence-corrected chi connectivity index (χ0v) is 18.2. The molecule has 0 atom stereocenters. The van der Waals surface area contributed by atoms with Gasteiger partial charge in [-0.1, -0.05) is 12.1 Å². The number of rotatable bonds is 9. The first-order valence-corrected chi connectivity index (χ1v) is 10.7. The summed E-state index contributed by atoms with van der Waals surface area (Å²) < 4.78 is 13.9. The van der Waals surface area contributed by atoms with Crippen LogP contribution in [-0.4, -0.2) is 40.6 Å². The van der Waals surface area contributed by atoms with E-state index in [1.807, 2.05) is 43.3 Å². The van der Waals surface area contributed by atoms with Gasteiger partial charge in [-0.25, -0.2) is 14.3 Å². The van der Waals surface area contributed by atoms with Crippen LogP contribution in [0.1, 0.15) is 25.8 Å². The summed E-state index contributed by atoms with van der Waals surface area (Å²) in [7, 11) is 1.61. The van der Waals surface area contributed by atoms with Crippen molar-refractivity contribution in [2.75, 3.05) is 25.6 Å². The third kappa shape index (κ3) is 4.77. The standard InChI is InChI=1S/C23H27N5O4/c1-3-32-20-7-5-4-6-19(20)25-22(29)24-14-15-27-23(30)28(17-10-11-17)21(26-27)16-8-12-18(31-2)13-9-16/h4-9,12-13,17H,3,10-11,14-15H2,1-2H3,(H2,24,25,29). The molecule has 1 fully saturated rings. The number of carbonyl (C=O) groups excluding carboxylic acids is 1. The van der Waals surface area contributed by atoms with Gasteiger partial charge in [0.05, 0.1) is 25.9 Å². The van der Waals surface area contributed by atoms with Gasteiger partial charge in [-0.15, -0.1) is 5.10 Å². The molecule has 0 saturated heterocycles. The summed E-state index contributed by atoms with van der Waals surface area (Å²) in [6.45, 7) is 2.91. The number of hydrogen-bond acceptors (Lipinski definition) is 5. The van der Waals surface area contributed by atoms with Gasteiger partial charge in [0.25, 0.3) is 0 Å². The lowest BCUT2D eigenvalue weighted by Gasteiger charge is -2.11. The largest absolute Gasteiger partial charge is 0.497 e. The number of urea groups is 1. The second-order valence-electron chi connectivity index (χ2n) is 7.47. The molecule has 2 aromatic carbocycles. The average molecular weight is 438 g/mol. The van der Waals surface area contributed by atoms with Crippen LogP contribution in [0, 0.1) is 0 Å². The molecule has 4 rings (SSSR count). The van der Waals surface area contributed by atoms with Crippen molar-refractivity contribution in [3.63, 3.8) is 0 Å². The summed E-state index contributed by atoms with van der Waals surface area (Å²) in [5, 5.41) is 10.1. The van der Waals surface area contributed by atoms with Crippen molar-refractivity contribution in [3.8, 4) is 22.9 Å². The predicted molar refractivity (Wildman–Crippen MR) is 121 cm³/mol. The van der Waals surface area contributed by atoms with Crippen LogP contribution in [0.25, 0.3) is 11.4 Å². The Hall–Kier alpha value is -3.75. The van der Waals surface area contributed by atoms with E-state index in [-0.39, 0.29) is 30.9 Å². The molecule has 0 unspecified atom stereocenters. The minimum absolute atomic E-state index is 0.165. The fourth-order valence-electron chi connectivity index (χ4n) is 3.46. The van der Waals surface area contributed by atoms with Crippen molar-refractivity contribution in [1.29, 1.82) is 0 Å². The maximum atomic E-state index is 12.9. The van der Waals surface area contributed by atoms with Gasteiger partial charge in [-0.2, -0.15) is 0 Å². The van der Waals surface area contributed by atoms with E-state index in [2.05, 4.69) is 15.7 Å². The number of methoxy groups -OCH3 is 1. The fourth-order valence-corrected chi connectivity index (χ4v) is 3.46. The highest BCUT2D eigenvalue weighted by molar-refractivity contribution is 5.90. The normalized spacial score (nSPS) is 12.9. The Bertz CT molecular complexity index is 1130. The molecule has 2 N–H and O–H groups in total. The molecule has 9 nitrogen and oxygen atoms in total. The van der Waals surface area contributed by atoms with E-state index in [0.717, 1.165) is 24.2 Å². The average Bonchev–Trinajstić information content (AvgIpc) is 3.59. The molecule has 0 aliphatic heterocycles. The summed E-state index contributed by atoms with van der Waals surface area (Å²) in [5.74, 6) is 1.98. The third-order valence-corrected chi connectivity index (χ3v) is 5.18. The van der Waals surface area contributed by atoms with E-state index in [1.165, 1.54) is 4.68 Å². The van der Waals surface area contributed by atoms with Crippen LogP contribution in [0.5, 0.6) is 11.5 Å². The van der Waals surface area contributed by atoms with Gasteiger partial charge in [0.1, 0.15) is 11.5 Å². The van der Waals surface area contributed by atoms with Crippen molar-refractivity contribution >= 4 is 11.7 Å². The maximum Gasteiger partial charge on any atom is 0.346 e. The van der Waals surface area contributed by atoms with E-state index >= 15 is 0 Å². The van der Waals surface area contributed by atoms with Crippen molar-refractivity contribution < 1.29 is 14.3 Å². The Balaban J connectivity index is 1.42. The second-order valence-corrected chi connectivity index (χ2v) is 7.47. The SMILES string of the molecule is CCOc1ccccc1NC(=O)NCCn1nc(-c2ccc(OC)cc2)n(C2CC2)c1=O. The lowest BCUT2D eigenvalue weighted by molar-refractivity contribution is 0.251. The minimum Gasteiger partial charge on any atom is -0.497 e. The van der Waals surface area contributed by atoms with Crippen LogP contribution in [0.4, 0.5) is 10.5 Å². The summed E-state index contributed by atoms with van der Waals surface area (Å²) in [4.78, 5) is 25.3. The highest BCUT2D eigenvalue weighted by Crippen LogP contribution is 2.36. The molecule has 1 heterocycles. The first kappa shape index (κ1) is 21.5. The van der Waals surface area contributed by atoms with Gasteiger partial charge in [0.2, 0.25) is 0 Å². The number of carbonyl (C=O) groups is 1. The van der Waals surface area contributed by atoms with Crippen LogP contribution in [0.3, 0.4) is 0 Å². The van der Waals surface area contributed by atoms with Gasteiger partial charge in [0, 0.05) is 18.2 Å². The van der Waals surface area contributed by atoms with Gasteiger partial charge in [0.15, 0.2) is 5.82 Å². The van der Waals surface area contributed by atoms with Gasteiger partial charge in [-0.05, 0) is 56.2 Å². The van der Waals surface area contributed by atoms with Crippen molar-refractivity contribution in [1.82, 2.24) is 19.7 Å². The Morgan fingerprint density at radius 1 is 1.16 bits per heavy atom. The number of amides is 2. The third-order valence-electron chi connectivity index (χ3n) is 5.18. The Morgan fingerprint density at radius 2 is 1.91 bits per heavy atom. The highest BCUT2D eigenvalue weighted by atomic mass is 16.5. The van der Waals surface area contributed by atoms with Crippen molar-refractivity contribution in [2.45, 2.75) is 32.4 Å². The lowest BCUT2D eigenvalue weighted by atomic mass is 10.2. The number of para-hydroxylation sites is 2. The number of nitrogens with one attached hydrogen (secondary N) is 2. The zero-order chi connectivity index (χ0) is 22.5. The summed E-state index contributed by atoms with van der Waals surface area (Å²) >= 11 is 0. The Kier molecular flexibility index (Phi) is 6.44. The second kappa shape index (κ2) is 9.59. The molecule has 9 heteroatoms. The topological polar surface area (TPSA) is 99.4 Å². The van der Waals surface area contributed by atoms with Gasteiger partial charge >= 0.3 is 11.7 Å². The number of ether oxygens (including phenoxy) is 2. The van der Waals surface area contributed by atoms with E-state index in [0.29, 0.717) is 23.9 Å². The number of benzene rings is 2. The highest BCUT2D eigenvalue weighted by Gasteiger charge is 2.30. The molecular weight excluding hydrogens is 410 g/mol. The van der Waals surface area contributed by atoms with Crippen LogP contribution < -0.4 is 25.8 Å². The molecule has 1 aromatic heterocycles. The molecular formula is C23H27N5O4. The molecule has 0 radical (unpaired) electrons. The molecule has 2 amide bonds. The zero-order valence-electron chi connectivity index (χ0n) is 18.2. The van der Waals surface area contributed by atoms with E-state index in [4.69, 9.17) is 9.47 Å². The van der Waals surface area contributed by atoms with E-state index in [1.54, 1.807) is 23.8 Å². The van der Waals surface area contributed by atoms with E-state index < -0.39 is 0 Å². The molecule has 1 aliphatic carbocycles. The molecule has 0 bridgehead atoms.